The molecule has 1 amide bonds. The number of nitrogens with one attached hydrogen (secondary N) is 1. The van der Waals surface area contributed by atoms with Gasteiger partial charge in [-0.25, -0.2) is 4.79 Å². The molecule has 0 saturated heterocycles. The van der Waals surface area contributed by atoms with Crippen LogP contribution in [-0.2, 0) is 9.59 Å². The van der Waals surface area contributed by atoms with Crippen molar-refractivity contribution in [2.75, 3.05) is 0 Å². The van der Waals surface area contributed by atoms with E-state index in [1.54, 1.807) is 0 Å². The van der Waals surface area contributed by atoms with Crippen molar-refractivity contribution in [3.8, 4) is 0 Å². The highest BCUT2D eigenvalue weighted by Crippen LogP contribution is 2.42. The van der Waals surface area contributed by atoms with Gasteiger partial charge in [-0.2, -0.15) is 0 Å². The van der Waals surface area contributed by atoms with Gasteiger partial charge in [0.2, 0.25) is 5.91 Å². The zero-order valence-electron chi connectivity index (χ0n) is 12.0. The third-order valence-electron chi connectivity index (χ3n) is 5.16. The van der Waals surface area contributed by atoms with Gasteiger partial charge in [0.15, 0.2) is 0 Å². The van der Waals surface area contributed by atoms with Crippen LogP contribution in [0.15, 0.2) is 0 Å². The molecule has 4 nitrogen and oxygen atoms in total. The molecule has 4 heteroatoms. The lowest BCUT2D eigenvalue weighted by atomic mass is 9.67. The Morgan fingerprint density at radius 1 is 1.16 bits per heavy atom. The number of aliphatic carboxylic acids is 1. The molecule has 0 radical (unpaired) electrons. The number of amides is 1. The number of hydrogen-bond donors (Lipinski definition) is 2. The summed E-state index contributed by atoms with van der Waals surface area (Å²) in [6.45, 7) is 4.45. The summed E-state index contributed by atoms with van der Waals surface area (Å²) in [5.41, 5.74) is -0.762. The molecular weight excluding hydrogens is 242 g/mol. The van der Waals surface area contributed by atoms with Crippen molar-refractivity contribution in [3.63, 3.8) is 0 Å². The third-order valence-corrected chi connectivity index (χ3v) is 5.16. The highest BCUT2D eigenvalue weighted by atomic mass is 16.4. The first kappa shape index (κ1) is 14.4. The van der Waals surface area contributed by atoms with Crippen LogP contribution in [0.2, 0.25) is 0 Å². The fraction of sp³-hybridized carbons (Fsp3) is 0.867. The zero-order chi connectivity index (χ0) is 14.1. The molecule has 2 saturated carbocycles. The second-order valence-corrected chi connectivity index (χ2v) is 6.92. The molecule has 0 aliphatic heterocycles. The van der Waals surface area contributed by atoms with Gasteiger partial charge in [-0.15, -0.1) is 0 Å². The normalized spacial score (nSPS) is 28.2. The van der Waals surface area contributed by atoms with Gasteiger partial charge >= 0.3 is 5.97 Å². The summed E-state index contributed by atoms with van der Waals surface area (Å²) in [5, 5.41) is 12.0. The average Bonchev–Trinajstić information content (AvgIpc) is 2.26. The molecule has 0 heterocycles. The molecule has 0 aromatic carbocycles. The summed E-state index contributed by atoms with van der Waals surface area (Å²) in [4.78, 5) is 23.4. The summed E-state index contributed by atoms with van der Waals surface area (Å²) >= 11 is 0. The van der Waals surface area contributed by atoms with Gasteiger partial charge in [0.25, 0.3) is 0 Å². The minimum atomic E-state index is -0.962. The van der Waals surface area contributed by atoms with E-state index in [1.807, 2.05) is 0 Å². The van der Waals surface area contributed by atoms with Gasteiger partial charge in [-0.3, -0.25) is 4.79 Å². The Balaban J connectivity index is 1.92. The first-order valence-electron chi connectivity index (χ1n) is 7.40. The van der Waals surface area contributed by atoms with E-state index in [1.165, 1.54) is 12.8 Å². The van der Waals surface area contributed by atoms with Gasteiger partial charge in [-0.1, -0.05) is 26.7 Å². The van der Waals surface area contributed by atoms with Crippen LogP contribution in [0.1, 0.15) is 65.2 Å². The van der Waals surface area contributed by atoms with Crippen molar-refractivity contribution in [1.82, 2.24) is 5.32 Å². The maximum Gasteiger partial charge on any atom is 0.329 e. The summed E-state index contributed by atoms with van der Waals surface area (Å²) < 4.78 is 0. The van der Waals surface area contributed by atoms with Crippen LogP contribution < -0.4 is 5.32 Å². The van der Waals surface area contributed by atoms with Crippen molar-refractivity contribution in [2.24, 2.45) is 11.3 Å². The highest BCUT2D eigenvalue weighted by molar-refractivity contribution is 5.87. The van der Waals surface area contributed by atoms with E-state index in [4.69, 9.17) is 0 Å². The van der Waals surface area contributed by atoms with Crippen LogP contribution in [0.4, 0.5) is 0 Å². The van der Waals surface area contributed by atoms with Gasteiger partial charge in [0, 0.05) is 6.42 Å². The fourth-order valence-electron chi connectivity index (χ4n) is 3.41. The van der Waals surface area contributed by atoms with E-state index in [-0.39, 0.29) is 11.3 Å². The topological polar surface area (TPSA) is 66.4 Å². The second-order valence-electron chi connectivity index (χ2n) is 6.92. The zero-order valence-corrected chi connectivity index (χ0v) is 12.0. The lowest BCUT2D eigenvalue weighted by Crippen LogP contribution is -2.59. The number of carboxylic acids is 1. The number of carbonyl (C=O) groups is 2. The number of carboxylic acid groups (broad SMARTS) is 1. The maximum atomic E-state index is 12.1. The Labute approximate surface area is 115 Å². The molecule has 108 valence electrons. The summed E-state index contributed by atoms with van der Waals surface area (Å²) in [7, 11) is 0. The van der Waals surface area contributed by atoms with Gasteiger partial charge in [-0.05, 0) is 43.4 Å². The lowest BCUT2D eigenvalue weighted by molar-refractivity contribution is -0.152. The number of hydrogen-bond acceptors (Lipinski definition) is 2. The van der Waals surface area contributed by atoms with E-state index >= 15 is 0 Å². The van der Waals surface area contributed by atoms with Crippen LogP contribution in [0.5, 0.6) is 0 Å². The smallest absolute Gasteiger partial charge is 0.329 e. The fourth-order valence-corrected chi connectivity index (χ4v) is 3.41. The lowest BCUT2D eigenvalue weighted by Gasteiger charge is -2.41. The van der Waals surface area contributed by atoms with Crippen LogP contribution >= 0.6 is 0 Å². The van der Waals surface area contributed by atoms with Gasteiger partial charge < -0.3 is 10.4 Å². The van der Waals surface area contributed by atoms with Crippen LogP contribution in [0.3, 0.4) is 0 Å². The standard InChI is InChI=1S/C15H25NO3/c1-14(2)7-4-3-6-11(14)10-12(17)16-15(13(18)19)8-5-9-15/h11H,3-10H2,1-2H3,(H,16,17)(H,18,19). The maximum absolute atomic E-state index is 12.1. The Morgan fingerprint density at radius 3 is 2.32 bits per heavy atom. The second kappa shape index (κ2) is 5.14. The van der Waals surface area contributed by atoms with Crippen LogP contribution in [0, 0.1) is 11.3 Å². The molecule has 2 rings (SSSR count). The van der Waals surface area contributed by atoms with E-state index in [9.17, 15) is 14.7 Å². The molecule has 19 heavy (non-hydrogen) atoms. The van der Waals surface area contributed by atoms with Crippen LogP contribution in [-0.4, -0.2) is 22.5 Å². The Morgan fingerprint density at radius 2 is 1.84 bits per heavy atom. The van der Waals surface area contributed by atoms with Gasteiger partial charge in [0.05, 0.1) is 0 Å². The van der Waals surface area contributed by atoms with Crippen molar-refractivity contribution >= 4 is 11.9 Å². The average molecular weight is 267 g/mol. The van der Waals surface area contributed by atoms with Crippen molar-refractivity contribution < 1.29 is 14.7 Å². The molecular formula is C15H25NO3. The molecule has 1 unspecified atom stereocenters. The van der Waals surface area contributed by atoms with E-state index in [2.05, 4.69) is 19.2 Å². The van der Waals surface area contributed by atoms with E-state index in [0.29, 0.717) is 25.2 Å². The third kappa shape index (κ3) is 2.93. The minimum Gasteiger partial charge on any atom is -0.480 e. The molecule has 2 aliphatic carbocycles. The predicted molar refractivity (Wildman–Crippen MR) is 72.7 cm³/mol. The van der Waals surface area contributed by atoms with E-state index < -0.39 is 11.5 Å². The van der Waals surface area contributed by atoms with Crippen molar-refractivity contribution in [1.29, 1.82) is 0 Å². The molecule has 0 bridgehead atoms. The SMILES string of the molecule is CC1(C)CCCCC1CC(=O)NC1(C(=O)O)CCC1. The molecule has 1 atom stereocenters. The van der Waals surface area contributed by atoms with Crippen molar-refractivity contribution in [2.45, 2.75) is 70.8 Å². The summed E-state index contributed by atoms with van der Waals surface area (Å²) in [6, 6.07) is 0. The summed E-state index contributed by atoms with van der Waals surface area (Å²) in [6.07, 6.45) is 7.18. The first-order chi connectivity index (χ1) is 8.86. The molecule has 0 aromatic heterocycles. The predicted octanol–water partition coefficient (Wildman–Crippen LogP) is 2.72. The number of rotatable bonds is 4. The molecule has 0 aromatic rings. The quantitative estimate of drug-likeness (QED) is 0.823. The Kier molecular flexibility index (Phi) is 3.88. The van der Waals surface area contributed by atoms with E-state index in [0.717, 1.165) is 19.3 Å². The Bertz CT molecular complexity index is 372. The molecule has 2 N–H and O–H groups in total. The minimum absolute atomic E-state index is 0.0814. The largest absolute Gasteiger partial charge is 0.480 e. The molecule has 2 aliphatic rings. The summed E-state index contributed by atoms with van der Waals surface area (Å²) in [5.74, 6) is -0.579. The van der Waals surface area contributed by atoms with Crippen molar-refractivity contribution in [3.05, 3.63) is 0 Å². The Hall–Kier alpha value is -1.06. The first-order valence-corrected chi connectivity index (χ1v) is 7.40. The monoisotopic (exact) mass is 267 g/mol. The van der Waals surface area contributed by atoms with Crippen LogP contribution in [0.25, 0.3) is 0 Å². The number of carbonyl (C=O) groups excluding carboxylic acids is 1. The molecule has 2 fully saturated rings. The molecule has 0 spiro atoms. The highest BCUT2D eigenvalue weighted by Gasteiger charge is 2.46. The van der Waals surface area contributed by atoms with Gasteiger partial charge in [0.1, 0.15) is 5.54 Å².